The zero-order chi connectivity index (χ0) is 15.5. The van der Waals surface area contributed by atoms with Gasteiger partial charge in [0.1, 0.15) is 17.1 Å². The molecule has 3 aromatic rings. The van der Waals surface area contributed by atoms with E-state index in [-0.39, 0.29) is 5.56 Å². The van der Waals surface area contributed by atoms with Crippen molar-refractivity contribution in [3.05, 3.63) is 69.8 Å². The summed E-state index contributed by atoms with van der Waals surface area (Å²) in [5, 5.41) is 0.520. The smallest absolute Gasteiger partial charge is 0.259 e. The minimum atomic E-state index is -0.174. The minimum Gasteiger partial charge on any atom is -0.494 e. The number of aromatic nitrogens is 2. The zero-order valence-corrected chi connectivity index (χ0v) is 12.5. The highest BCUT2D eigenvalue weighted by Crippen LogP contribution is 2.20. The maximum Gasteiger partial charge on any atom is 0.259 e. The number of para-hydroxylation sites is 1. The molecule has 2 aromatic carbocycles. The number of methoxy groups -OCH3 is 1. The first-order valence-electron chi connectivity index (χ1n) is 6.99. The van der Waals surface area contributed by atoms with Gasteiger partial charge in [0.15, 0.2) is 0 Å². The molecular formula is C18H16N2O2. The predicted octanol–water partition coefficient (Wildman–Crippen LogP) is 3.41. The van der Waals surface area contributed by atoms with E-state index in [0.29, 0.717) is 22.5 Å². The summed E-state index contributed by atoms with van der Waals surface area (Å²) in [6.07, 6.45) is 3.71. The Morgan fingerprint density at radius 3 is 2.59 bits per heavy atom. The first kappa shape index (κ1) is 14.1. The van der Waals surface area contributed by atoms with Crippen LogP contribution < -0.4 is 10.3 Å². The van der Waals surface area contributed by atoms with Gasteiger partial charge in [-0.25, -0.2) is 4.98 Å². The highest BCUT2D eigenvalue weighted by atomic mass is 16.5. The highest BCUT2D eigenvalue weighted by molar-refractivity contribution is 5.84. The van der Waals surface area contributed by atoms with Crippen LogP contribution in [0.5, 0.6) is 5.75 Å². The van der Waals surface area contributed by atoms with Crippen molar-refractivity contribution in [1.82, 2.24) is 9.97 Å². The minimum absolute atomic E-state index is 0.174. The molecule has 1 N–H and O–H groups in total. The summed E-state index contributed by atoms with van der Waals surface area (Å²) >= 11 is 0. The van der Waals surface area contributed by atoms with Crippen molar-refractivity contribution < 1.29 is 4.74 Å². The number of ether oxygens (including phenoxy) is 1. The summed E-state index contributed by atoms with van der Waals surface area (Å²) < 4.78 is 5.27. The Labute approximate surface area is 128 Å². The van der Waals surface area contributed by atoms with Crippen molar-refractivity contribution in [1.29, 1.82) is 0 Å². The Hall–Kier alpha value is -2.88. The van der Waals surface area contributed by atoms with Gasteiger partial charge in [-0.05, 0) is 30.7 Å². The van der Waals surface area contributed by atoms with Crippen LogP contribution in [-0.2, 0) is 0 Å². The van der Waals surface area contributed by atoms with Crippen LogP contribution in [0, 0.1) is 6.92 Å². The van der Waals surface area contributed by atoms with E-state index in [1.807, 2.05) is 37.3 Å². The summed E-state index contributed by atoms with van der Waals surface area (Å²) in [6, 6.07) is 13.4. The average Bonchev–Trinajstić information content (AvgIpc) is 2.54. The largest absolute Gasteiger partial charge is 0.494 e. The van der Waals surface area contributed by atoms with Crippen molar-refractivity contribution in [2.24, 2.45) is 0 Å². The van der Waals surface area contributed by atoms with E-state index in [1.54, 1.807) is 31.4 Å². The summed E-state index contributed by atoms with van der Waals surface area (Å²) in [5.74, 6) is 1.09. The SMILES string of the molecule is COc1cccc2c(=O)[nH]c(C=Cc3ccc(C)cc3)nc12. The van der Waals surface area contributed by atoms with Crippen molar-refractivity contribution in [2.45, 2.75) is 6.92 Å². The fourth-order valence-electron chi connectivity index (χ4n) is 2.25. The van der Waals surface area contributed by atoms with Crippen LogP contribution in [0.2, 0.25) is 0 Å². The van der Waals surface area contributed by atoms with Gasteiger partial charge in [-0.3, -0.25) is 4.79 Å². The van der Waals surface area contributed by atoms with Crippen LogP contribution >= 0.6 is 0 Å². The number of H-pyrrole nitrogens is 1. The molecule has 0 amide bonds. The van der Waals surface area contributed by atoms with Crippen molar-refractivity contribution >= 4 is 23.1 Å². The second kappa shape index (κ2) is 5.85. The fourth-order valence-corrected chi connectivity index (χ4v) is 2.25. The second-order valence-electron chi connectivity index (χ2n) is 5.05. The molecule has 0 fully saturated rings. The molecule has 1 aromatic heterocycles. The van der Waals surface area contributed by atoms with Crippen molar-refractivity contribution in [2.75, 3.05) is 7.11 Å². The highest BCUT2D eigenvalue weighted by Gasteiger charge is 2.06. The lowest BCUT2D eigenvalue weighted by atomic mass is 10.1. The topological polar surface area (TPSA) is 55.0 Å². The first-order valence-corrected chi connectivity index (χ1v) is 6.99. The Balaban J connectivity index is 2.04. The molecule has 22 heavy (non-hydrogen) atoms. The van der Waals surface area contributed by atoms with Gasteiger partial charge in [0, 0.05) is 0 Å². The lowest BCUT2D eigenvalue weighted by Gasteiger charge is -2.04. The van der Waals surface area contributed by atoms with Crippen molar-refractivity contribution in [3.8, 4) is 5.75 Å². The number of aromatic amines is 1. The van der Waals surface area contributed by atoms with Gasteiger partial charge in [-0.2, -0.15) is 0 Å². The van der Waals surface area contributed by atoms with E-state index in [0.717, 1.165) is 5.56 Å². The molecule has 0 unspecified atom stereocenters. The molecular weight excluding hydrogens is 276 g/mol. The average molecular weight is 292 g/mol. The fraction of sp³-hybridized carbons (Fsp3) is 0.111. The molecule has 0 bridgehead atoms. The summed E-state index contributed by atoms with van der Waals surface area (Å²) in [4.78, 5) is 19.4. The van der Waals surface area contributed by atoms with Crippen LogP contribution in [0.3, 0.4) is 0 Å². The Bertz CT molecular complexity index is 893. The quantitative estimate of drug-likeness (QED) is 0.805. The number of aryl methyl sites for hydroxylation is 1. The van der Waals surface area contributed by atoms with Crippen LogP contribution in [-0.4, -0.2) is 17.1 Å². The number of benzene rings is 2. The van der Waals surface area contributed by atoms with E-state index in [9.17, 15) is 4.79 Å². The van der Waals surface area contributed by atoms with Crippen LogP contribution in [0.1, 0.15) is 17.0 Å². The Kier molecular flexibility index (Phi) is 3.74. The van der Waals surface area contributed by atoms with Crippen molar-refractivity contribution in [3.63, 3.8) is 0 Å². The Morgan fingerprint density at radius 1 is 1.09 bits per heavy atom. The van der Waals surface area contributed by atoms with Gasteiger partial charge in [0.05, 0.1) is 12.5 Å². The molecule has 0 atom stereocenters. The monoisotopic (exact) mass is 292 g/mol. The number of fused-ring (bicyclic) bond motifs is 1. The molecule has 0 radical (unpaired) electrons. The molecule has 4 nitrogen and oxygen atoms in total. The summed E-state index contributed by atoms with van der Waals surface area (Å²) in [6.45, 7) is 2.04. The van der Waals surface area contributed by atoms with Gasteiger partial charge in [0.25, 0.3) is 5.56 Å². The van der Waals surface area contributed by atoms with Gasteiger partial charge < -0.3 is 9.72 Å². The third kappa shape index (κ3) is 2.76. The van der Waals surface area contributed by atoms with Gasteiger partial charge in [-0.1, -0.05) is 42.0 Å². The predicted molar refractivity (Wildman–Crippen MR) is 89.0 cm³/mol. The molecule has 1 heterocycles. The molecule has 0 saturated carbocycles. The Morgan fingerprint density at radius 2 is 1.86 bits per heavy atom. The number of nitrogens with zero attached hydrogens (tertiary/aromatic N) is 1. The number of hydrogen-bond donors (Lipinski definition) is 1. The summed E-state index contributed by atoms with van der Waals surface area (Å²) in [7, 11) is 1.57. The van der Waals surface area contributed by atoms with Crippen LogP contribution in [0.15, 0.2) is 47.3 Å². The van der Waals surface area contributed by atoms with Gasteiger partial charge >= 0.3 is 0 Å². The number of hydrogen-bond acceptors (Lipinski definition) is 3. The molecule has 0 saturated heterocycles. The molecule has 0 aliphatic heterocycles. The van der Waals surface area contributed by atoms with Gasteiger partial charge in [-0.15, -0.1) is 0 Å². The molecule has 110 valence electrons. The van der Waals surface area contributed by atoms with Crippen LogP contribution in [0.4, 0.5) is 0 Å². The normalized spacial score (nSPS) is 11.2. The van der Waals surface area contributed by atoms with Crippen LogP contribution in [0.25, 0.3) is 23.1 Å². The molecule has 3 rings (SSSR count). The first-order chi connectivity index (χ1) is 10.7. The third-order valence-corrected chi connectivity index (χ3v) is 3.45. The molecule has 0 spiro atoms. The van der Waals surface area contributed by atoms with E-state index in [4.69, 9.17) is 4.74 Å². The van der Waals surface area contributed by atoms with Gasteiger partial charge in [0.2, 0.25) is 0 Å². The maximum absolute atomic E-state index is 12.1. The lowest BCUT2D eigenvalue weighted by Crippen LogP contribution is -2.10. The molecule has 0 aliphatic rings. The maximum atomic E-state index is 12.1. The van der Waals surface area contributed by atoms with E-state index < -0.39 is 0 Å². The van der Waals surface area contributed by atoms with E-state index in [2.05, 4.69) is 9.97 Å². The number of nitrogens with one attached hydrogen (secondary N) is 1. The lowest BCUT2D eigenvalue weighted by molar-refractivity contribution is 0.419. The third-order valence-electron chi connectivity index (χ3n) is 3.45. The second-order valence-corrected chi connectivity index (χ2v) is 5.05. The standard InChI is InChI=1S/C18H16N2O2/c1-12-6-8-13(9-7-12)10-11-16-19-17-14(18(21)20-16)4-3-5-15(17)22-2/h3-11H,1-2H3,(H,19,20,21). The zero-order valence-electron chi connectivity index (χ0n) is 12.5. The van der Waals surface area contributed by atoms with E-state index >= 15 is 0 Å². The molecule has 4 heteroatoms. The van der Waals surface area contributed by atoms with E-state index in [1.165, 1.54) is 5.56 Å². The summed E-state index contributed by atoms with van der Waals surface area (Å²) in [5.41, 5.74) is 2.65. The number of rotatable bonds is 3. The molecule has 0 aliphatic carbocycles.